The number of nitrogens with one attached hydrogen (secondary N) is 1. The second-order valence-corrected chi connectivity index (χ2v) is 7.92. The lowest BCUT2D eigenvalue weighted by Crippen LogP contribution is -2.42. The van der Waals surface area contributed by atoms with E-state index in [-0.39, 0.29) is 5.41 Å². The summed E-state index contributed by atoms with van der Waals surface area (Å²) in [7, 11) is 0. The van der Waals surface area contributed by atoms with Gasteiger partial charge in [-0.25, -0.2) is 9.97 Å². The van der Waals surface area contributed by atoms with Crippen molar-refractivity contribution in [3.63, 3.8) is 0 Å². The smallest absolute Gasteiger partial charge is 0.130 e. The molecule has 1 spiro atoms. The minimum absolute atomic E-state index is 0.222. The first-order valence-corrected chi connectivity index (χ1v) is 9.97. The minimum Gasteiger partial charge on any atom is -0.399 e. The summed E-state index contributed by atoms with van der Waals surface area (Å²) in [6.45, 7) is 2.00. The fourth-order valence-corrected chi connectivity index (χ4v) is 4.89. The summed E-state index contributed by atoms with van der Waals surface area (Å²) >= 11 is 0. The maximum Gasteiger partial charge on any atom is 0.130 e. The largest absolute Gasteiger partial charge is 0.399 e. The fourth-order valence-electron chi connectivity index (χ4n) is 4.89. The number of anilines is 3. The summed E-state index contributed by atoms with van der Waals surface area (Å²) in [5, 5.41) is 3.67. The topological polar surface area (TPSA) is 67.1 Å². The van der Waals surface area contributed by atoms with Gasteiger partial charge < -0.3 is 16.0 Å². The van der Waals surface area contributed by atoms with Crippen molar-refractivity contribution in [2.45, 2.75) is 30.7 Å². The van der Waals surface area contributed by atoms with Gasteiger partial charge in [-0.3, -0.25) is 0 Å². The van der Waals surface area contributed by atoms with Crippen molar-refractivity contribution >= 4 is 17.3 Å². The molecule has 3 heterocycles. The van der Waals surface area contributed by atoms with Crippen LogP contribution in [0, 0.1) is 0 Å². The van der Waals surface area contributed by atoms with E-state index >= 15 is 0 Å². The zero-order valence-corrected chi connectivity index (χ0v) is 15.9. The average Bonchev–Trinajstić information content (AvgIpc) is 3.03. The molecular weight excluding hydrogens is 346 g/mol. The van der Waals surface area contributed by atoms with Crippen molar-refractivity contribution in [3.8, 4) is 0 Å². The number of benzene rings is 1. The highest BCUT2D eigenvalue weighted by Crippen LogP contribution is 2.51. The molecule has 1 aromatic carbocycles. The molecule has 3 aromatic rings. The SMILES string of the molecule is Nc1ccnc(N2CCC3(CC2)CC(Nc2ccccn2)c2ccccc23)c1. The van der Waals surface area contributed by atoms with Crippen molar-refractivity contribution in [3.05, 3.63) is 78.1 Å². The lowest BCUT2D eigenvalue weighted by Gasteiger charge is -2.41. The predicted octanol–water partition coefficient (Wildman–Crippen LogP) is 4.15. The second kappa shape index (κ2) is 6.82. The number of pyridine rings is 2. The molecule has 5 nitrogen and oxygen atoms in total. The van der Waals surface area contributed by atoms with Gasteiger partial charge in [-0.05, 0) is 48.6 Å². The van der Waals surface area contributed by atoms with Crippen molar-refractivity contribution in [2.75, 3.05) is 29.0 Å². The van der Waals surface area contributed by atoms with Crippen LogP contribution in [0.5, 0.6) is 0 Å². The first-order chi connectivity index (χ1) is 13.7. The van der Waals surface area contributed by atoms with Gasteiger partial charge >= 0.3 is 0 Å². The van der Waals surface area contributed by atoms with E-state index in [0.717, 1.165) is 49.7 Å². The van der Waals surface area contributed by atoms with E-state index in [9.17, 15) is 0 Å². The number of nitrogens with two attached hydrogens (primary N) is 1. The quantitative estimate of drug-likeness (QED) is 0.724. The van der Waals surface area contributed by atoms with Gasteiger partial charge in [0, 0.05) is 42.7 Å². The maximum atomic E-state index is 5.95. The number of fused-ring (bicyclic) bond motifs is 2. The van der Waals surface area contributed by atoms with Crippen LogP contribution in [0.1, 0.15) is 36.4 Å². The van der Waals surface area contributed by atoms with E-state index < -0.39 is 0 Å². The van der Waals surface area contributed by atoms with Crippen molar-refractivity contribution in [1.29, 1.82) is 0 Å². The zero-order chi connectivity index (χ0) is 19.0. The van der Waals surface area contributed by atoms with Crippen LogP contribution < -0.4 is 16.0 Å². The molecule has 5 heteroatoms. The Morgan fingerprint density at radius 1 is 0.964 bits per heavy atom. The van der Waals surface area contributed by atoms with E-state index in [2.05, 4.69) is 44.5 Å². The van der Waals surface area contributed by atoms with Gasteiger partial charge in [-0.15, -0.1) is 0 Å². The number of hydrogen-bond acceptors (Lipinski definition) is 5. The van der Waals surface area contributed by atoms with Gasteiger partial charge in [0.1, 0.15) is 11.6 Å². The average molecular weight is 371 g/mol. The Bertz CT molecular complexity index is 963. The molecular formula is C23H25N5. The molecule has 1 aliphatic heterocycles. The molecule has 0 bridgehead atoms. The molecule has 1 atom stereocenters. The first kappa shape index (κ1) is 17.0. The third-order valence-corrected chi connectivity index (χ3v) is 6.30. The Morgan fingerprint density at radius 2 is 1.79 bits per heavy atom. The van der Waals surface area contributed by atoms with Gasteiger partial charge in [0.2, 0.25) is 0 Å². The van der Waals surface area contributed by atoms with Crippen LogP contribution in [0.4, 0.5) is 17.3 Å². The number of nitrogen functional groups attached to an aromatic ring is 1. The molecule has 0 saturated carbocycles. The molecule has 1 saturated heterocycles. The van der Waals surface area contributed by atoms with E-state index in [1.165, 1.54) is 11.1 Å². The number of aromatic nitrogens is 2. The standard InChI is InChI=1S/C23H25N5/c24-17-8-12-26-22(15-17)28-13-9-23(10-14-28)16-20(18-5-1-2-6-19(18)23)27-21-7-3-4-11-25-21/h1-8,11-12,15,20H,9-10,13-14,16H2,(H2,24,26)(H,25,27). The van der Waals surface area contributed by atoms with E-state index in [4.69, 9.17) is 5.73 Å². The lowest BCUT2D eigenvalue weighted by atomic mass is 9.73. The molecule has 1 unspecified atom stereocenters. The number of piperidine rings is 1. The van der Waals surface area contributed by atoms with Crippen LogP contribution in [-0.4, -0.2) is 23.1 Å². The molecule has 1 fully saturated rings. The molecule has 1 aliphatic carbocycles. The van der Waals surface area contributed by atoms with Gasteiger partial charge in [-0.2, -0.15) is 0 Å². The molecule has 0 amide bonds. The maximum absolute atomic E-state index is 5.95. The fraction of sp³-hybridized carbons (Fsp3) is 0.304. The Labute approximate surface area is 165 Å². The van der Waals surface area contributed by atoms with Crippen LogP contribution in [0.25, 0.3) is 0 Å². The Kier molecular flexibility index (Phi) is 4.15. The van der Waals surface area contributed by atoms with Crippen LogP contribution in [0.2, 0.25) is 0 Å². The molecule has 2 aliphatic rings. The van der Waals surface area contributed by atoms with Gasteiger partial charge in [0.25, 0.3) is 0 Å². The number of hydrogen-bond donors (Lipinski definition) is 2. The Morgan fingerprint density at radius 3 is 2.57 bits per heavy atom. The van der Waals surface area contributed by atoms with Gasteiger partial charge in [-0.1, -0.05) is 30.3 Å². The predicted molar refractivity (Wildman–Crippen MR) is 113 cm³/mol. The van der Waals surface area contributed by atoms with Gasteiger partial charge in [0.15, 0.2) is 0 Å². The number of nitrogens with zero attached hydrogens (tertiary/aromatic N) is 3. The summed E-state index contributed by atoms with van der Waals surface area (Å²) < 4.78 is 0. The van der Waals surface area contributed by atoms with Crippen LogP contribution in [0.15, 0.2) is 67.0 Å². The molecule has 5 rings (SSSR count). The summed E-state index contributed by atoms with van der Waals surface area (Å²) in [6, 6.07) is 19.1. The lowest BCUT2D eigenvalue weighted by molar-refractivity contribution is 0.319. The van der Waals surface area contributed by atoms with E-state index in [1.54, 1.807) is 6.20 Å². The molecule has 142 valence electrons. The van der Waals surface area contributed by atoms with E-state index in [0.29, 0.717) is 6.04 Å². The summed E-state index contributed by atoms with van der Waals surface area (Å²) in [6.07, 6.45) is 7.01. The summed E-state index contributed by atoms with van der Waals surface area (Å²) in [5.41, 5.74) is 9.87. The Balaban J connectivity index is 1.39. The second-order valence-electron chi connectivity index (χ2n) is 7.92. The Hall–Kier alpha value is -3.08. The van der Waals surface area contributed by atoms with Crippen molar-refractivity contribution in [2.24, 2.45) is 0 Å². The first-order valence-electron chi connectivity index (χ1n) is 9.97. The third-order valence-electron chi connectivity index (χ3n) is 6.30. The molecule has 28 heavy (non-hydrogen) atoms. The normalized spacial score (nSPS) is 20.1. The summed E-state index contributed by atoms with van der Waals surface area (Å²) in [4.78, 5) is 11.4. The van der Waals surface area contributed by atoms with Crippen LogP contribution in [-0.2, 0) is 5.41 Å². The highest BCUT2D eigenvalue weighted by molar-refractivity contribution is 5.52. The molecule has 2 aromatic heterocycles. The van der Waals surface area contributed by atoms with Crippen molar-refractivity contribution in [1.82, 2.24) is 9.97 Å². The number of rotatable bonds is 3. The highest BCUT2D eigenvalue weighted by Gasteiger charge is 2.45. The molecule has 3 N–H and O–H groups in total. The monoisotopic (exact) mass is 371 g/mol. The van der Waals surface area contributed by atoms with Crippen LogP contribution in [0.3, 0.4) is 0 Å². The van der Waals surface area contributed by atoms with Crippen LogP contribution >= 0.6 is 0 Å². The van der Waals surface area contributed by atoms with Crippen molar-refractivity contribution < 1.29 is 0 Å². The highest BCUT2D eigenvalue weighted by atomic mass is 15.2. The summed E-state index contributed by atoms with van der Waals surface area (Å²) in [5.74, 6) is 1.94. The third kappa shape index (κ3) is 2.97. The zero-order valence-electron chi connectivity index (χ0n) is 15.9. The van der Waals surface area contributed by atoms with Gasteiger partial charge in [0.05, 0.1) is 6.04 Å². The molecule has 0 radical (unpaired) electrons. The van der Waals surface area contributed by atoms with E-state index in [1.807, 2.05) is 36.5 Å². The minimum atomic E-state index is 0.222.